The summed E-state index contributed by atoms with van der Waals surface area (Å²) in [4.78, 5) is 12.4. The minimum absolute atomic E-state index is 0.0536. The number of amides is 1. The largest absolute Gasteiger partial charge is 0.389 e. The van der Waals surface area contributed by atoms with Gasteiger partial charge in [0.1, 0.15) is 5.82 Å². The van der Waals surface area contributed by atoms with Gasteiger partial charge < -0.3 is 10.4 Å². The van der Waals surface area contributed by atoms with E-state index in [-0.39, 0.29) is 16.2 Å². The number of benzene rings is 2. The molecule has 2 rings (SSSR count). The second-order valence-corrected chi connectivity index (χ2v) is 8.99. The molecule has 8 heteroatoms. The standard InChI is InChI=1S/C18H19BrFNO4S/c1-11(10-26(24,25)15-6-3-13(19)4-7-15)18(23)21-14-5-8-17(20)16(9-14)12(2)22/h3-9,11-12,22H,10H2,1-2H3,(H,21,23)/t11-,12+/m1/s1. The Morgan fingerprint density at radius 1 is 1.19 bits per heavy atom. The second kappa shape index (κ2) is 8.28. The highest BCUT2D eigenvalue weighted by atomic mass is 79.9. The summed E-state index contributed by atoms with van der Waals surface area (Å²) < 4.78 is 39.2. The topological polar surface area (TPSA) is 83.5 Å². The van der Waals surface area contributed by atoms with Gasteiger partial charge in [-0.05, 0) is 49.4 Å². The van der Waals surface area contributed by atoms with E-state index in [9.17, 15) is 22.7 Å². The second-order valence-electron chi connectivity index (χ2n) is 6.04. The lowest BCUT2D eigenvalue weighted by molar-refractivity contribution is -0.118. The van der Waals surface area contributed by atoms with Crippen LogP contribution in [0.1, 0.15) is 25.5 Å². The van der Waals surface area contributed by atoms with Crippen LogP contribution in [0.15, 0.2) is 51.8 Å². The van der Waals surface area contributed by atoms with E-state index >= 15 is 0 Å². The number of anilines is 1. The monoisotopic (exact) mass is 443 g/mol. The van der Waals surface area contributed by atoms with Gasteiger partial charge >= 0.3 is 0 Å². The molecule has 2 N–H and O–H groups in total. The molecule has 2 aromatic rings. The third-order valence-corrected chi connectivity index (χ3v) is 6.26. The van der Waals surface area contributed by atoms with Crippen molar-refractivity contribution in [1.82, 2.24) is 0 Å². The van der Waals surface area contributed by atoms with Crippen LogP contribution in [0.2, 0.25) is 0 Å². The fraction of sp³-hybridized carbons (Fsp3) is 0.278. The molecule has 2 atom stereocenters. The van der Waals surface area contributed by atoms with E-state index in [1.54, 1.807) is 12.1 Å². The van der Waals surface area contributed by atoms with Gasteiger partial charge in [0.25, 0.3) is 0 Å². The van der Waals surface area contributed by atoms with E-state index in [4.69, 9.17) is 0 Å². The van der Waals surface area contributed by atoms with Gasteiger partial charge in [-0.1, -0.05) is 22.9 Å². The van der Waals surface area contributed by atoms with Crippen molar-refractivity contribution in [2.45, 2.75) is 24.8 Å². The van der Waals surface area contributed by atoms with Crippen molar-refractivity contribution < 1.29 is 22.7 Å². The normalized spacial score (nSPS) is 13.9. The number of nitrogens with one attached hydrogen (secondary N) is 1. The van der Waals surface area contributed by atoms with Gasteiger partial charge in [-0.2, -0.15) is 0 Å². The van der Waals surface area contributed by atoms with Gasteiger partial charge in [-0.3, -0.25) is 4.79 Å². The van der Waals surface area contributed by atoms with Gasteiger partial charge in [0.15, 0.2) is 9.84 Å². The first-order chi connectivity index (χ1) is 12.1. The number of hydrogen-bond acceptors (Lipinski definition) is 4. The Hall–Kier alpha value is -1.77. The zero-order chi connectivity index (χ0) is 19.5. The zero-order valence-corrected chi connectivity index (χ0v) is 16.6. The summed E-state index contributed by atoms with van der Waals surface area (Å²) in [6.07, 6.45) is -1.03. The zero-order valence-electron chi connectivity index (χ0n) is 14.2. The summed E-state index contributed by atoms with van der Waals surface area (Å²) in [5, 5.41) is 12.1. The molecular weight excluding hydrogens is 425 g/mol. The molecule has 0 unspecified atom stereocenters. The summed E-state index contributed by atoms with van der Waals surface area (Å²) >= 11 is 3.24. The Balaban J connectivity index is 2.10. The minimum Gasteiger partial charge on any atom is -0.389 e. The van der Waals surface area contributed by atoms with Crippen LogP contribution in [0.3, 0.4) is 0 Å². The van der Waals surface area contributed by atoms with Crippen LogP contribution in [0.5, 0.6) is 0 Å². The number of carbonyl (C=O) groups is 1. The summed E-state index contributed by atoms with van der Waals surface area (Å²) in [6, 6.07) is 10.0. The van der Waals surface area contributed by atoms with Gasteiger partial charge in [0.2, 0.25) is 5.91 Å². The summed E-state index contributed by atoms with van der Waals surface area (Å²) in [6.45, 7) is 2.92. The SMILES string of the molecule is C[C@H](CS(=O)(=O)c1ccc(Br)cc1)C(=O)Nc1ccc(F)c([C@H](C)O)c1. The molecule has 0 aliphatic rings. The lowest BCUT2D eigenvalue weighted by atomic mass is 10.1. The van der Waals surface area contributed by atoms with Crippen molar-refractivity contribution in [3.63, 3.8) is 0 Å². The molecular formula is C18H19BrFNO4S. The number of aliphatic hydroxyl groups is 1. The Morgan fingerprint density at radius 3 is 2.38 bits per heavy atom. The van der Waals surface area contributed by atoms with E-state index < -0.39 is 33.6 Å². The molecule has 1 amide bonds. The average molecular weight is 444 g/mol. The molecule has 0 spiro atoms. The predicted octanol–water partition coefficient (Wildman–Crippen LogP) is 3.69. The van der Waals surface area contributed by atoms with Crippen molar-refractivity contribution in [3.05, 3.63) is 58.3 Å². The molecule has 0 bridgehead atoms. The van der Waals surface area contributed by atoms with Crippen molar-refractivity contribution >= 4 is 37.4 Å². The third kappa shape index (κ3) is 5.12. The predicted molar refractivity (Wildman–Crippen MR) is 101 cm³/mol. The van der Waals surface area contributed by atoms with Gasteiger partial charge in [-0.25, -0.2) is 12.8 Å². The van der Waals surface area contributed by atoms with E-state index in [0.717, 1.165) is 10.5 Å². The summed E-state index contributed by atoms with van der Waals surface area (Å²) in [5.74, 6) is -2.26. The third-order valence-electron chi connectivity index (χ3n) is 3.80. The Bertz CT molecular complexity index is 898. The summed E-state index contributed by atoms with van der Waals surface area (Å²) in [7, 11) is -3.62. The first-order valence-corrected chi connectivity index (χ1v) is 10.3. The van der Waals surface area contributed by atoms with Gasteiger partial charge in [0.05, 0.1) is 16.8 Å². The first kappa shape index (κ1) is 20.5. The van der Waals surface area contributed by atoms with Gasteiger partial charge in [0, 0.05) is 21.6 Å². The highest BCUT2D eigenvalue weighted by Crippen LogP contribution is 2.22. The first-order valence-electron chi connectivity index (χ1n) is 7.87. The molecule has 5 nitrogen and oxygen atoms in total. The van der Waals surface area contributed by atoms with Crippen LogP contribution in [-0.4, -0.2) is 25.2 Å². The highest BCUT2D eigenvalue weighted by Gasteiger charge is 2.23. The number of carbonyl (C=O) groups excluding carboxylic acids is 1. The fourth-order valence-corrected chi connectivity index (χ4v) is 4.17. The maximum Gasteiger partial charge on any atom is 0.228 e. The molecule has 0 aromatic heterocycles. The molecule has 0 heterocycles. The van der Waals surface area contributed by atoms with Crippen LogP contribution in [-0.2, 0) is 14.6 Å². The molecule has 140 valence electrons. The quantitative estimate of drug-likeness (QED) is 0.712. The highest BCUT2D eigenvalue weighted by molar-refractivity contribution is 9.10. The molecule has 2 aromatic carbocycles. The van der Waals surface area contributed by atoms with E-state index in [2.05, 4.69) is 21.2 Å². The Labute approximate surface area is 160 Å². The van der Waals surface area contributed by atoms with Crippen LogP contribution in [0.4, 0.5) is 10.1 Å². The number of sulfone groups is 1. The number of rotatable bonds is 6. The smallest absolute Gasteiger partial charge is 0.228 e. The molecule has 0 aliphatic carbocycles. The molecule has 0 saturated carbocycles. The van der Waals surface area contributed by atoms with Crippen LogP contribution < -0.4 is 5.32 Å². The van der Waals surface area contributed by atoms with E-state index in [0.29, 0.717) is 5.69 Å². The van der Waals surface area contributed by atoms with E-state index in [1.165, 1.54) is 38.1 Å². The molecule has 26 heavy (non-hydrogen) atoms. The average Bonchev–Trinajstić information content (AvgIpc) is 2.56. The lowest BCUT2D eigenvalue weighted by Crippen LogP contribution is -2.27. The molecule has 0 saturated heterocycles. The van der Waals surface area contributed by atoms with Crippen molar-refractivity contribution in [1.29, 1.82) is 0 Å². The maximum absolute atomic E-state index is 13.6. The Morgan fingerprint density at radius 2 is 1.81 bits per heavy atom. The van der Waals surface area contributed by atoms with Crippen LogP contribution in [0, 0.1) is 11.7 Å². The summed E-state index contributed by atoms with van der Waals surface area (Å²) in [5.41, 5.74) is 0.345. The number of halogens is 2. The van der Waals surface area contributed by atoms with Gasteiger partial charge in [-0.15, -0.1) is 0 Å². The minimum atomic E-state index is -3.62. The van der Waals surface area contributed by atoms with Crippen LogP contribution >= 0.6 is 15.9 Å². The molecule has 0 aliphatic heterocycles. The number of aliphatic hydroxyl groups excluding tert-OH is 1. The molecule has 0 radical (unpaired) electrons. The van der Waals surface area contributed by atoms with Crippen LogP contribution in [0.25, 0.3) is 0 Å². The lowest BCUT2D eigenvalue weighted by Gasteiger charge is -2.14. The van der Waals surface area contributed by atoms with Crippen molar-refractivity contribution in [3.8, 4) is 0 Å². The number of hydrogen-bond donors (Lipinski definition) is 2. The maximum atomic E-state index is 13.6. The van der Waals surface area contributed by atoms with Crippen molar-refractivity contribution in [2.24, 2.45) is 5.92 Å². The van der Waals surface area contributed by atoms with Crippen molar-refractivity contribution in [2.75, 3.05) is 11.1 Å². The fourth-order valence-electron chi connectivity index (χ4n) is 2.35. The Kier molecular flexibility index (Phi) is 6.54. The van der Waals surface area contributed by atoms with E-state index in [1.807, 2.05) is 0 Å². The molecule has 0 fully saturated rings.